The van der Waals surface area contributed by atoms with Gasteiger partial charge in [0.15, 0.2) is 6.61 Å². The Labute approximate surface area is 195 Å². The molecule has 3 N–H and O–H groups in total. The lowest BCUT2D eigenvalue weighted by Crippen LogP contribution is -2.32. The number of carbonyl (C=O) groups is 3. The zero-order chi connectivity index (χ0) is 24.5. The van der Waals surface area contributed by atoms with Crippen molar-refractivity contribution in [3.8, 4) is 5.75 Å². The van der Waals surface area contributed by atoms with Gasteiger partial charge in [-0.2, -0.15) is 5.10 Å². The number of benzene rings is 3. The number of para-hydroxylation sites is 1. The van der Waals surface area contributed by atoms with Gasteiger partial charge >= 0.3 is 11.8 Å². The van der Waals surface area contributed by atoms with Crippen molar-refractivity contribution in [1.29, 1.82) is 0 Å². The molecule has 0 bridgehead atoms. The molecule has 34 heavy (non-hydrogen) atoms. The van der Waals surface area contributed by atoms with Gasteiger partial charge in [0.1, 0.15) is 11.6 Å². The molecule has 0 radical (unpaired) electrons. The van der Waals surface area contributed by atoms with Gasteiger partial charge in [0, 0.05) is 5.69 Å². The Morgan fingerprint density at radius 1 is 0.912 bits per heavy atom. The normalized spacial score (nSPS) is 10.6. The highest BCUT2D eigenvalue weighted by atomic mass is 19.1. The number of carbonyl (C=O) groups excluding carboxylic acids is 3. The van der Waals surface area contributed by atoms with Gasteiger partial charge in [0.2, 0.25) is 0 Å². The molecule has 8 nitrogen and oxygen atoms in total. The number of aryl methyl sites for hydroxylation is 2. The molecule has 0 saturated heterocycles. The number of ether oxygens (including phenoxy) is 1. The van der Waals surface area contributed by atoms with Crippen molar-refractivity contribution in [2.24, 2.45) is 5.10 Å². The van der Waals surface area contributed by atoms with Gasteiger partial charge in [-0.1, -0.05) is 42.0 Å². The van der Waals surface area contributed by atoms with Gasteiger partial charge in [0.05, 0.1) is 11.9 Å². The molecule has 0 spiro atoms. The maximum atomic E-state index is 13.6. The predicted molar refractivity (Wildman–Crippen MR) is 127 cm³/mol. The summed E-state index contributed by atoms with van der Waals surface area (Å²) in [4.78, 5) is 35.9. The molecular weight excluding hydrogens is 439 g/mol. The lowest BCUT2D eigenvalue weighted by Gasteiger charge is -2.10. The molecule has 0 atom stereocenters. The third kappa shape index (κ3) is 6.99. The number of nitrogens with zero attached hydrogens (tertiary/aromatic N) is 1. The first kappa shape index (κ1) is 24.1. The van der Waals surface area contributed by atoms with Crippen molar-refractivity contribution in [2.45, 2.75) is 13.8 Å². The van der Waals surface area contributed by atoms with Crippen LogP contribution in [-0.4, -0.2) is 30.5 Å². The van der Waals surface area contributed by atoms with Crippen molar-refractivity contribution in [3.05, 3.63) is 89.2 Å². The minimum atomic E-state index is -1.06. The van der Waals surface area contributed by atoms with Crippen LogP contribution >= 0.6 is 0 Å². The smallest absolute Gasteiger partial charge is 0.329 e. The fourth-order valence-corrected chi connectivity index (χ4v) is 2.93. The van der Waals surface area contributed by atoms with Crippen LogP contribution in [0.15, 0.2) is 71.8 Å². The second-order valence-electron chi connectivity index (χ2n) is 7.36. The molecular formula is C25H23FN4O4. The van der Waals surface area contributed by atoms with Gasteiger partial charge in [-0.3, -0.25) is 14.4 Å². The number of rotatable bonds is 7. The monoisotopic (exact) mass is 462 g/mol. The summed E-state index contributed by atoms with van der Waals surface area (Å²) >= 11 is 0. The summed E-state index contributed by atoms with van der Waals surface area (Å²) in [5.41, 5.74) is 5.29. The highest BCUT2D eigenvalue weighted by Crippen LogP contribution is 2.17. The summed E-state index contributed by atoms with van der Waals surface area (Å²) < 4.78 is 19.1. The van der Waals surface area contributed by atoms with E-state index in [0.717, 1.165) is 22.9 Å². The van der Waals surface area contributed by atoms with E-state index in [2.05, 4.69) is 21.2 Å². The lowest BCUT2D eigenvalue weighted by atomic mass is 10.1. The summed E-state index contributed by atoms with van der Waals surface area (Å²) in [6.07, 6.45) is 1.30. The van der Waals surface area contributed by atoms with E-state index in [0.29, 0.717) is 11.3 Å². The van der Waals surface area contributed by atoms with E-state index >= 15 is 0 Å². The Morgan fingerprint density at radius 2 is 1.71 bits per heavy atom. The van der Waals surface area contributed by atoms with Crippen molar-refractivity contribution >= 4 is 35.3 Å². The van der Waals surface area contributed by atoms with Crippen molar-refractivity contribution in [3.63, 3.8) is 0 Å². The van der Waals surface area contributed by atoms with E-state index in [1.807, 2.05) is 32.0 Å². The zero-order valence-electron chi connectivity index (χ0n) is 18.6. The molecule has 0 aliphatic rings. The van der Waals surface area contributed by atoms with Crippen LogP contribution in [0.3, 0.4) is 0 Å². The molecule has 0 fully saturated rings. The molecule has 3 aromatic rings. The van der Waals surface area contributed by atoms with Gasteiger partial charge in [-0.05, 0) is 55.3 Å². The molecule has 0 unspecified atom stereocenters. The number of amides is 3. The molecule has 9 heteroatoms. The average Bonchev–Trinajstić information content (AvgIpc) is 2.81. The van der Waals surface area contributed by atoms with Gasteiger partial charge in [0.25, 0.3) is 5.91 Å². The van der Waals surface area contributed by atoms with E-state index in [1.165, 1.54) is 24.4 Å². The first-order chi connectivity index (χ1) is 16.3. The molecule has 3 rings (SSSR count). The predicted octanol–water partition coefficient (Wildman–Crippen LogP) is 3.55. The second-order valence-corrected chi connectivity index (χ2v) is 7.36. The van der Waals surface area contributed by atoms with E-state index < -0.39 is 17.6 Å². The maximum Gasteiger partial charge on any atom is 0.329 e. The van der Waals surface area contributed by atoms with E-state index in [4.69, 9.17) is 4.74 Å². The van der Waals surface area contributed by atoms with Crippen molar-refractivity contribution < 1.29 is 23.5 Å². The van der Waals surface area contributed by atoms with E-state index in [1.54, 1.807) is 24.3 Å². The molecule has 174 valence electrons. The van der Waals surface area contributed by atoms with Crippen molar-refractivity contribution in [1.82, 2.24) is 5.43 Å². The summed E-state index contributed by atoms with van der Waals surface area (Å²) in [5, 5.41) is 8.68. The second kappa shape index (κ2) is 11.4. The molecule has 0 aliphatic carbocycles. The van der Waals surface area contributed by atoms with Gasteiger partial charge < -0.3 is 15.4 Å². The number of halogens is 1. The molecule has 0 aromatic heterocycles. The maximum absolute atomic E-state index is 13.6. The first-order valence-corrected chi connectivity index (χ1v) is 10.3. The van der Waals surface area contributed by atoms with Crippen LogP contribution in [0.1, 0.15) is 16.7 Å². The Balaban J connectivity index is 1.49. The Morgan fingerprint density at radius 3 is 2.47 bits per heavy atom. The first-order valence-electron chi connectivity index (χ1n) is 10.3. The third-order valence-electron chi connectivity index (χ3n) is 4.59. The van der Waals surface area contributed by atoms with Crippen LogP contribution in [0.5, 0.6) is 5.75 Å². The molecule has 0 heterocycles. The summed E-state index contributed by atoms with van der Waals surface area (Å²) in [5.74, 6) is -2.67. The topological polar surface area (TPSA) is 109 Å². The SMILES string of the molecule is Cc1ccc(NC(=O)COc2cccc(/C=N\NC(=O)C(=O)Nc3ccccc3F)c2)c(C)c1. The molecule has 3 amide bonds. The quantitative estimate of drug-likeness (QED) is 0.283. The summed E-state index contributed by atoms with van der Waals surface area (Å²) in [6, 6.07) is 17.9. The number of nitrogens with one attached hydrogen (secondary N) is 3. The summed E-state index contributed by atoms with van der Waals surface area (Å²) in [6.45, 7) is 3.69. The highest BCUT2D eigenvalue weighted by molar-refractivity contribution is 6.39. The standard InChI is InChI=1S/C25H23FN4O4/c1-16-10-11-21(17(2)12-16)28-23(31)15-34-19-7-5-6-18(13-19)14-27-30-25(33)24(32)29-22-9-4-3-8-20(22)26/h3-14H,15H2,1-2H3,(H,28,31)(H,29,32)(H,30,33)/b27-14-. The minimum absolute atomic E-state index is 0.113. The largest absolute Gasteiger partial charge is 0.484 e. The van der Waals surface area contributed by atoms with E-state index in [9.17, 15) is 18.8 Å². The average molecular weight is 462 g/mol. The lowest BCUT2D eigenvalue weighted by molar-refractivity contribution is -0.136. The zero-order valence-corrected chi connectivity index (χ0v) is 18.6. The Kier molecular flexibility index (Phi) is 8.07. The molecule has 3 aromatic carbocycles. The van der Waals surface area contributed by atoms with Crippen LogP contribution in [0.2, 0.25) is 0 Å². The van der Waals surface area contributed by atoms with Crippen LogP contribution in [0.4, 0.5) is 15.8 Å². The van der Waals surface area contributed by atoms with Crippen LogP contribution in [-0.2, 0) is 14.4 Å². The van der Waals surface area contributed by atoms with Crippen LogP contribution in [0, 0.1) is 19.7 Å². The number of hydrogen-bond donors (Lipinski definition) is 3. The number of hydrazone groups is 1. The van der Waals surface area contributed by atoms with Crippen molar-refractivity contribution in [2.75, 3.05) is 17.2 Å². The summed E-state index contributed by atoms with van der Waals surface area (Å²) in [7, 11) is 0. The fourth-order valence-electron chi connectivity index (χ4n) is 2.93. The number of hydrogen-bond acceptors (Lipinski definition) is 5. The number of anilines is 2. The molecule has 0 saturated carbocycles. The fraction of sp³-hybridized carbons (Fsp3) is 0.120. The van der Waals surface area contributed by atoms with Crippen LogP contribution in [0.25, 0.3) is 0 Å². The third-order valence-corrected chi connectivity index (χ3v) is 4.59. The Hall–Kier alpha value is -4.53. The van der Waals surface area contributed by atoms with E-state index in [-0.39, 0.29) is 18.2 Å². The highest BCUT2D eigenvalue weighted by Gasteiger charge is 2.14. The van der Waals surface area contributed by atoms with Crippen LogP contribution < -0.4 is 20.8 Å². The van der Waals surface area contributed by atoms with Gasteiger partial charge in [-0.15, -0.1) is 0 Å². The molecule has 0 aliphatic heterocycles. The minimum Gasteiger partial charge on any atom is -0.484 e. The Bertz CT molecular complexity index is 1240. The van der Waals surface area contributed by atoms with Gasteiger partial charge in [-0.25, -0.2) is 9.82 Å².